The van der Waals surface area contributed by atoms with Crippen molar-refractivity contribution in [1.29, 1.82) is 0 Å². The molecule has 1 atom stereocenters. The second kappa shape index (κ2) is 4.13. The standard InChI is InChI=1S/C11H12NO2P/c1-12-8-9(6-7-15(13)14)10-4-2-3-5-11(10)12/h2-5,8H,6-7H2,1H3/p+1. The summed E-state index contributed by atoms with van der Waals surface area (Å²) in [5.41, 5.74) is 2.31. The molecule has 0 aliphatic carbocycles. The first-order chi connectivity index (χ1) is 7.18. The Bertz CT molecular complexity index is 504. The van der Waals surface area contributed by atoms with E-state index in [9.17, 15) is 4.57 Å². The summed E-state index contributed by atoms with van der Waals surface area (Å²) in [6, 6.07) is 8.09. The van der Waals surface area contributed by atoms with Crippen LogP contribution in [0.2, 0.25) is 0 Å². The van der Waals surface area contributed by atoms with Gasteiger partial charge in [-0.25, -0.2) is 0 Å². The van der Waals surface area contributed by atoms with Crippen LogP contribution in [0.4, 0.5) is 0 Å². The minimum Gasteiger partial charge on any atom is -0.350 e. The van der Waals surface area contributed by atoms with Gasteiger partial charge in [0.2, 0.25) is 0 Å². The Labute approximate surface area is 89.2 Å². The molecule has 1 heterocycles. The van der Waals surface area contributed by atoms with E-state index in [-0.39, 0.29) is 0 Å². The molecule has 0 saturated heterocycles. The molecule has 1 aromatic carbocycles. The minimum atomic E-state index is -2.03. The quantitative estimate of drug-likeness (QED) is 0.810. The van der Waals surface area contributed by atoms with Gasteiger partial charge in [0, 0.05) is 30.6 Å². The Kier molecular flexibility index (Phi) is 2.85. The third-order valence-corrected chi connectivity index (χ3v) is 3.16. The fraction of sp³-hybridized carbons (Fsp3) is 0.273. The average Bonchev–Trinajstić information content (AvgIpc) is 2.54. The smallest absolute Gasteiger partial charge is 0.350 e. The molecule has 2 rings (SSSR count). The molecule has 3 nitrogen and oxygen atoms in total. The van der Waals surface area contributed by atoms with Gasteiger partial charge in [-0.1, -0.05) is 18.2 Å². The lowest BCUT2D eigenvalue weighted by Crippen LogP contribution is -1.86. The zero-order chi connectivity index (χ0) is 10.8. The first-order valence-corrected chi connectivity index (χ1v) is 6.25. The van der Waals surface area contributed by atoms with Crippen LogP contribution in [0.1, 0.15) is 5.56 Å². The minimum absolute atomic E-state index is 0.337. The number of nitrogens with zero attached hydrogens (tertiary/aromatic N) is 1. The van der Waals surface area contributed by atoms with E-state index < -0.39 is 8.03 Å². The van der Waals surface area contributed by atoms with Crippen molar-refractivity contribution in [3.05, 3.63) is 36.0 Å². The summed E-state index contributed by atoms with van der Waals surface area (Å²) >= 11 is 0. The zero-order valence-corrected chi connectivity index (χ0v) is 9.45. The molecule has 0 aliphatic heterocycles. The van der Waals surface area contributed by atoms with Crippen molar-refractivity contribution in [1.82, 2.24) is 4.57 Å². The third-order valence-electron chi connectivity index (χ3n) is 2.55. The van der Waals surface area contributed by atoms with E-state index >= 15 is 0 Å². The van der Waals surface area contributed by atoms with Gasteiger partial charge in [-0.15, -0.1) is 0 Å². The molecular weight excluding hydrogens is 209 g/mol. The third kappa shape index (κ3) is 2.09. The highest BCUT2D eigenvalue weighted by atomic mass is 31.1. The van der Waals surface area contributed by atoms with Crippen molar-refractivity contribution in [2.45, 2.75) is 6.42 Å². The highest BCUT2D eigenvalue weighted by Crippen LogP contribution is 2.23. The van der Waals surface area contributed by atoms with Crippen molar-refractivity contribution in [2.75, 3.05) is 6.16 Å². The van der Waals surface area contributed by atoms with Gasteiger partial charge >= 0.3 is 8.03 Å². The van der Waals surface area contributed by atoms with Gasteiger partial charge in [-0.2, -0.15) is 4.89 Å². The van der Waals surface area contributed by atoms with Crippen molar-refractivity contribution in [2.24, 2.45) is 7.05 Å². The fourth-order valence-electron chi connectivity index (χ4n) is 1.84. The first kappa shape index (κ1) is 10.3. The van der Waals surface area contributed by atoms with E-state index in [2.05, 4.69) is 16.7 Å². The van der Waals surface area contributed by atoms with E-state index in [1.54, 1.807) is 0 Å². The van der Waals surface area contributed by atoms with E-state index in [0.29, 0.717) is 12.6 Å². The maximum atomic E-state index is 10.7. The highest BCUT2D eigenvalue weighted by Gasteiger charge is 2.13. The molecule has 0 fully saturated rings. The van der Waals surface area contributed by atoms with Crippen molar-refractivity contribution in [3.8, 4) is 0 Å². The number of aryl methyl sites for hydroxylation is 2. The second-order valence-electron chi connectivity index (χ2n) is 3.61. The van der Waals surface area contributed by atoms with Crippen LogP contribution in [0.25, 0.3) is 10.9 Å². The molecule has 1 aromatic heterocycles. The van der Waals surface area contributed by atoms with E-state index in [0.717, 1.165) is 5.56 Å². The first-order valence-electron chi connectivity index (χ1n) is 4.85. The molecule has 0 bridgehead atoms. The van der Waals surface area contributed by atoms with Crippen molar-refractivity contribution >= 4 is 18.9 Å². The van der Waals surface area contributed by atoms with Gasteiger partial charge in [-0.05, 0) is 16.2 Å². The fourth-order valence-corrected chi connectivity index (χ4v) is 2.27. The number of benzene rings is 1. The lowest BCUT2D eigenvalue weighted by molar-refractivity contribution is 0.502. The molecule has 15 heavy (non-hydrogen) atoms. The molecule has 0 aliphatic rings. The second-order valence-corrected chi connectivity index (χ2v) is 4.76. The Balaban J connectivity index is 2.39. The number of para-hydroxylation sites is 1. The Morgan fingerprint density at radius 2 is 2.13 bits per heavy atom. The normalized spacial score (nSPS) is 12.0. The number of rotatable bonds is 3. The summed E-state index contributed by atoms with van der Waals surface area (Å²) < 4.78 is 12.7. The summed E-state index contributed by atoms with van der Waals surface area (Å²) in [4.78, 5) is 8.80. The monoisotopic (exact) mass is 222 g/mol. The molecule has 2 aromatic rings. The van der Waals surface area contributed by atoms with Crippen LogP contribution in [0.3, 0.4) is 0 Å². The molecule has 0 radical (unpaired) electrons. The summed E-state index contributed by atoms with van der Waals surface area (Å²) in [5, 5.41) is 1.18. The summed E-state index contributed by atoms with van der Waals surface area (Å²) in [6.45, 7) is 0. The van der Waals surface area contributed by atoms with Gasteiger partial charge < -0.3 is 4.57 Å². The molecule has 0 spiro atoms. The van der Waals surface area contributed by atoms with E-state index in [1.807, 2.05) is 25.4 Å². The van der Waals surface area contributed by atoms with Gasteiger partial charge in [-0.3, -0.25) is 0 Å². The van der Waals surface area contributed by atoms with Gasteiger partial charge in [0.05, 0.1) is 0 Å². The largest absolute Gasteiger partial charge is 0.505 e. The number of aromatic nitrogens is 1. The maximum absolute atomic E-state index is 10.7. The average molecular weight is 222 g/mol. The van der Waals surface area contributed by atoms with Crippen molar-refractivity contribution in [3.63, 3.8) is 0 Å². The molecule has 1 N–H and O–H groups in total. The molecular formula is C11H13NO2P+. The van der Waals surface area contributed by atoms with Crippen LogP contribution >= 0.6 is 8.03 Å². The number of hydrogen-bond acceptors (Lipinski definition) is 1. The Hall–Kier alpha value is -1.18. The SMILES string of the molecule is Cn1cc(CC[P+](=O)O)c2ccccc21. The predicted octanol–water partition coefficient (Wildman–Crippen LogP) is 2.46. The molecule has 4 heteroatoms. The van der Waals surface area contributed by atoms with Crippen LogP contribution in [-0.2, 0) is 18.0 Å². The van der Waals surface area contributed by atoms with Crippen LogP contribution in [0.5, 0.6) is 0 Å². The molecule has 1 unspecified atom stereocenters. The van der Waals surface area contributed by atoms with Gasteiger partial charge in [0.1, 0.15) is 0 Å². The maximum Gasteiger partial charge on any atom is 0.505 e. The van der Waals surface area contributed by atoms with Crippen LogP contribution in [0.15, 0.2) is 30.5 Å². The number of fused-ring (bicyclic) bond motifs is 1. The number of hydrogen-bond donors (Lipinski definition) is 1. The highest BCUT2D eigenvalue weighted by molar-refractivity contribution is 7.37. The summed E-state index contributed by atoms with van der Waals surface area (Å²) in [6.07, 6.45) is 3.03. The Morgan fingerprint density at radius 1 is 1.40 bits per heavy atom. The molecule has 0 amide bonds. The Morgan fingerprint density at radius 3 is 2.87 bits per heavy atom. The zero-order valence-electron chi connectivity index (χ0n) is 8.55. The van der Waals surface area contributed by atoms with E-state index in [1.165, 1.54) is 10.9 Å². The van der Waals surface area contributed by atoms with Crippen LogP contribution < -0.4 is 0 Å². The van der Waals surface area contributed by atoms with Gasteiger partial charge in [0.15, 0.2) is 6.16 Å². The van der Waals surface area contributed by atoms with Gasteiger partial charge in [0.25, 0.3) is 0 Å². The van der Waals surface area contributed by atoms with E-state index in [4.69, 9.17) is 4.89 Å². The summed E-state index contributed by atoms with van der Waals surface area (Å²) in [5.74, 6) is 0. The van der Waals surface area contributed by atoms with Crippen LogP contribution in [0, 0.1) is 0 Å². The molecule has 0 saturated carbocycles. The lowest BCUT2D eigenvalue weighted by atomic mass is 10.1. The lowest BCUT2D eigenvalue weighted by Gasteiger charge is -1.93. The topological polar surface area (TPSA) is 42.2 Å². The van der Waals surface area contributed by atoms with Crippen molar-refractivity contribution < 1.29 is 9.46 Å². The predicted molar refractivity (Wildman–Crippen MR) is 61.3 cm³/mol. The summed E-state index contributed by atoms with van der Waals surface area (Å²) in [7, 11) is -0.0387. The molecule has 78 valence electrons. The van der Waals surface area contributed by atoms with Crippen LogP contribution in [-0.4, -0.2) is 15.6 Å².